The lowest BCUT2D eigenvalue weighted by Crippen LogP contribution is -2.41. The van der Waals surface area contributed by atoms with Crippen LogP contribution in [0.5, 0.6) is 17.2 Å². The number of hydrogen-bond donors (Lipinski definition) is 0. The monoisotopic (exact) mass is 620 g/mol. The highest BCUT2D eigenvalue weighted by atomic mass is 79.9. The molecule has 1 heterocycles. The second-order valence-electron chi connectivity index (χ2n) is 7.67. The number of para-hydroxylation sites is 2. The van der Waals surface area contributed by atoms with Gasteiger partial charge >= 0.3 is 17.8 Å². The fraction of sp³-hybridized carbons (Fsp3) is 0.292. The van der Waals surface area contributed by atoms with Gasteiger partial charge in [-0.05, 0) is 34.1 Å². The van der Waals surface area contributed by atoms with E-state index in [1.807, 2.05) is 0 Å². The van der Waals surface area contributed by atoms with Crippen molar-refractivity contribution in [1.82, 2.24) is 9.13 Å². The Bertz CT molecular complexity index is 1470. The number of esters is 1. The van der Waals surface area contributed by atoms with Crippen LogP contribution in [-0.2, 0) is 32.2 Å². The van der Waals surface area contributed by atoms with Gasteiger partial charge in [0.15, 0.2) is 11.5 Å². The van der Waals surface area contributed by atoms with Crippen molar-refractivity contribution in [2.45, 2.75) is 12.5 Å². The smallest absolute Gasteiger partial charge is 0.431 e. The van der Waals surface area contributed by atoms with Gasteiger partial charge in [0.1, 0.15) is 23.9 Å². The van der Waals surface area contributed by atoms with Gasteiger partial charge in [-0.25, -0.2) is 18.5 Å². The number of methoxy groups -OCH3 is 2. The Morgan fingerprint density at radius 2 is 1.69 bits per heavy atom. The highest BCUT2D eigenvalue weighted by Crippen LogP contribution is 2.37. The second kappa shape index (κ2) is 12.4. The largest absolute Gasteiger partial charge is 0.459 e. The van der Waals surface area contributed by atoms with E-state index in [-0.39, 0.29) is 50.1 Å². The summed E-state index contributed by atoms with van der Waals surface area (Å²) < 4.78 is 81.1. The Labute approximate surface area is 226 Å². The third-order valence-corrected chi connectivity index (χ3v) is 5.71. The SMILES string of the molecule is COCCOC(=O)C(OC)Oc1ccccc1Oc1cc(-n2c(=O)cc(C(F)(F)F)n(C)c2=O)c(F)cc1Br. The fourth-order valence-corrected chi connectivity index (χ4v) is 3.64. The van der Waals surface area contributed by atoms with Crippen molar-refractivity contribution in [2.24, 2.45) is 7.05 Å². The van der Waals surface area contributed by atoms with E-state index < -0.39 is 46.9 Å². The van der Waals surface area contributed by atoms with E-state index in [1.165, 1.54) is 26.4 Å². The highest BCUT2D eigenvalue weighted by molar-refractivity contribution is 9.10. The number of nitrogens with zero attached hydrogens (tertiary/aromatic N) is 2. The van der Waals surface area contributed by atoms with E-state index in [1.54, 1.807) is 12.1 Å². The number of ether oxygens (including phenoxy) is 5. The number of carbonyl (C=O) groups is 1. The molecule has 0 aliphatic heterocycles. The summed E-state index contributed by atoms with van der Waals surface area (Å²) >= 11 is 3.11. The van der Waals surface area contributed by atoms with Gasteiger partial charge in [-0.1, -0.05) is 12.1 Å². The van der Waals surface area contributed by atoms with Crippen molar-refractivity contribution in [3.63, 3.8) is 0 Å². The zero-order chi connectivity index (χ0) is 28.9. The maximum atomic E-state index is 14.9. The fourth-order valence-electron chi connectivity index (χ4n) is 3.24. The number of aromatic nitrogens is 2. The molecule has 1 atom stereocenters. The first-order valence-electron chi connectivity index (χ1n) is 10.9. The normalized spacial score (nSPS) is 12.2. The molecule has 210 valence electrons. The van der Waals surface area contributed by atoms with Crippen LogP contribution >= 0.6 is 15.9 Å². The lowest BCUT2D eigenvalue weighted by Gasteiger charge is -2.19. The van der Waals surface area contributed by atoms with Crippen LogP contribution in [0, 0.1) is 5.82 Å². The van der Waals surface area contributed by atoms with E-state index in [2.05, 4.69) is 15.9 Å². The zero-order valence-corrected chi connectivity index (χ0v) is 22.2. The third-order valence-electron chi connectivity index (χ3n) is 5.09. The third kappa shape index (κ3) is 6.85. The predicted molar refractivity (Wildman–Crippen MR) is 131 cm³/mol. The topological polar surface area (TPSA) is 107 Å². The van der Waals surface area contributed by atoms with E-state index >= 15 is 0 Å². The van der Waals surface area contributed by atoms with Gasteiger partial charge in [-0.3, -0.25) is 9.36 Å². The minimum Gasteiger partial charge on any atom is -0.459 e. The minimum atomic E-state index is -4.99. The summed E-state index contributed by atoms with van der Waals surface area (Å²) in [5, 5.41) is 0. The van der Waals surface area contributed by atoms with Crippen molar-refractivity contribution in [3.8, 4) is 22.9 Å². The summed E-state index contributed by atoms with van der Waals surface area (Å²) in [6.45, 7) is 0.0959. The summed E-state index contributed by atoms with van der Waals surface area (Å²) in [4.78, 5) is 37.4. The number of carbonyl (C=O) groups excluding carboxylic acids is 1. The van der Waals surface area contributed by atoms with Crippen molar-refractivity contribution in [2.75, 3.05) is 27.4 Å². The quantitative estimate of drug-likeness (QED) is 0.146. The van der Waals surface area contributed by atoms with Crippen LogP contribution in [-0.4, -0.2) is 48.8 Å². The molecule has 0 aliphatic rings. The number of halogens is 5. The molecule has 0 aliphatic carbocycles. The van der Waals surface area contributed by atoms with Gasteiger partial charge in [0.2, 0.25) is 0 Å². The van der Waals surface area contributed by atoms with Crippen molar-refractivity contribution in [3.05, 3.63) is 79.3 Å². The first-order chi connectivity index (χ1) is 18.4. The van der Waals surface area contributed by atoms with Gasteiger partial charge < -0.3 is 23.7 Å². The molecule has 0 fully saturated rings. The van der Waals surface area contributed by atoms with Crippen LogP contribution < -0.4 is 20.7 Å². The molecule has 3 aromatic rings. The second-order valence-corrected chi connectivity index (χ2v) is 8.53. The van der Waals surface area contributed by atoms with Crippen LogP contribution in [0.3, 0.4) is 0 Å². The lowest BCUT2D eigenvalue weighted by molar-refractivity contribution is -0.174. The van der Waals surface area contributed by atoms with Crippen LogP contribution in [0.2, 0.25) is 0 Å². The summed E-state index contributed by atoms with van der Waals surface area (Å²) in [5.74, 6) is -2.11. The maximum absolute atomic E-state index is 14.9. The zero-order valence-electron chi connectivity index (χ0n) is 20.6. The number of alkyl halides is 3. The first-order valence-corrected chi connectivity index (χ1v) is 11.7. The van der Waals surface area contributed by atoms with Gasteiger partial charge in [0.25, 0.3) is 11.8 Å². The van der Waals surface area contributed by atoms with Crippen LogP contribution in [0.4, 0.5) is 17.6 Å². The van der Waals surface area contributed by atoms with Crippen molar-refractivity contribution < 1.29 is 46.0 Å². The maximum Gasteiger partial charge on any atom is 0.431 e. The van der Waals surface area contributed by atoms with E-state index in [9.17, 15) is 31.9 Å². The Balaban J connectivity index is 2.00. The number of hydrogen-bond acceptors (Lipinski definition) is 8. The van der Waals surface area contributed by atoms with Crippen LogP contribution in [0.1, 0.15) is 5.69 Å². The molecule has 0 N–H and O–H groups in total. The standard InChI is InChI=1S/C24H21BrF4N2O8/c1-30-19(24(27,28)29)12-20(32)31(23(30)34)15-11-18(13(25)10-14(15)26)38-16-6-4-5-7-17(16)39-22(36-3)21(33)37-9-8-35-2/h4-7,10-12,22H,8-9H2,1-3H3. The molecule has 0 saturated heterocycles. The van der Waals surface area contributed by atoms with Crippen molar-refractivity contribution >= 4 is 21.9 Å². The molecule has 1 aromatic heterocycles. The average molecular weight is 621 g/mol. The highest BCUT2D eigenvalue weighted by Gasteiger charge is 2.35. The van der Waals surface area contributed by atoms with Gasteiger partial charge in [0.05, 0.1) is 16.8 Å². The number of rotatable bonds is 10. The summed E-state index contributed by atoms with van der Waals surface area (Å²) in [6.07, 6.45) is -6.48. The van der Waals surface area contributed by atoms with Crippen molar-refractivity contribution in [1.29, 1.82) is 0 Å². The summed E-state index contributed by atoms with van der Waals surface area (Å²) in [5.41, 5.74) is -5.00. The molecule has 39 heavy (non-hydrogen) atoms. The molecule has 0 saturated carbocycles. The van der Waals surface area contributed by atoms with Gasteiger partial charge in [0, 0.05) is 33.4 Å². The number of benzene rings is 2. The van der Waals surface area contributed by atoms with Crippen LogP contribution in [0.15, 0.2) is 56.5 Å². The average Bonchev–Trinajstić information content (AvgIpc) is 2.87. The Kier molecular flexibility index (Phi) is 9.53. The van der Waals surface area contributed by atoms with Gasteiger partial charge in [-0.15, -0.1) is 0 Å². The Morgan fingerprint density at radius 3 is 2.31 bits per heavy atom. The predicted octanol–water partition coefficient (Wildman–Crippen LogP) is 3.79. The van der Waals surface area contributed by atoms with E-state index in [0.717, 1.165) is 19.2 Å². The van der Waals surface area contributed by atoms with E-state index in [4.69, 9.17) is 23.7 Å². The molecular formula is C24H21BrF4N2O8. The first kappa shape index (κ1) is 29.9. The summed E-state index contributed by atoms with van der Waals surface area (Å²) in [7, 11) is 3.43. The molecule has 0 radical (unpaired) electrons. The molecule has 1 unspecified atom stereocenters. The molecular weight excluding hydrogens is 600 g/mol. The molecule has 3 rings (SSSR count). The minimum absolute atomic E-state index is 0.00447. The molecule has 0 amide bonds. The molecule has 15 heteroatoms. The lowest BCUT2D eigenvalue weighted by atomic mass is 10.2. The Morgan fingerprint density at radius 1 is 1.03 bits per heavy atom. The molecule has 10 nitrogen and oxygen atoms in total. The molecule has 2 aromatic carbocycles. The van der Waals surface area contributed by atoms with Gasteiger partial charge in [-0.2, -0.15) is 13.2 Å². The Hall–Kier alpha value is -3.69. The molecule has 0 bridgehead atoms. The molecule has 0 spiro atoms. The summed E-state index contributed by atoms with van der Waals surface area (Å²) in [6, 6.07) is 7.96. The van der Waals surface area contributed by atoms with Crippen LogP contribution in [0.25, 0.3) is 5.69 Å². The van der Waals surface area contributed by atoms with E-state index in [0.29, 0.717) is 0 Å².